The molecule has 0 atom stereocenters. The van der Waals surface area contributed by atoms with Gasteiger partial charge in [-0.1, -0.05) is 19.3 Å². The van der Waals surface area contributed by atoms with Crippen LogP contribution in [0, 0.1) is 0 Å². The van der Waals surface area contributed by atoms with E-state index in [4.69, 9.17) is 4.42 Å². The number of hydrogen-bond donors (Lipinski definition) is 0. The summed E-state index contributed by atoms with van der Waals surface area (Å²) in [6.45, 7) is 0. The van der Waals surface area contributed by atoms with Crippen LogP contribution in [0.15, 0.2) is 43.7 Å². The van der Waals surface area contributed by atoms with E-state index in [1.54, 1.807) is 0 Å². The third-order valence-electron chi connectivity index (χ3n) is 3.97. The summed E-state index contributed by atoms with van der Waals surface area (Å²) < 4.78 is 53.4. The molecule has 1 fully saturated rings. The van der Waals surface area contributed by atoms with Crippen LogP contribution in [0.4, 0.5) is 8.78 Å². The highest BCUT2D eigenvalue weighted by atomic mass is 32.2. The van der Waals surface area contributed by atoms with Gasteiger partial charge < -0.3 is 4.42 Å². The van der Waals surface area contributed by atoms with Crippen molar-refractivity contribution in [2.24, 2.45) is 0 Å². The Morgan fingerprint density at radius 3 is 2.38 bits per heavy atom. The Kier molecular flexibility index (Phi) is 5.19. The SMILES string of the molecule is O=S(=O)(c1ccc(Sc2nnc(C3CCCCC3)o2)cc1)C(F)F. The molecule has 0 bridgehead atoms. The Morgan fingerprint density at radius 2 is 1.75 bits per heavy atom. The Hall–Kier alpha value is -1.48. The van der Waals surface area contributed by atoms with E-state index >= 15 is 0 Å². The average Bonchev–Trinajstić information content (AvgIpc) is 3.04. The van der Waals surface area contributed by atoms with E-state index in [2.05, 4.69) is 10.2 Å². The summed E-state index contributed by atoms with van der Waals surface area (Å²) in [5.74, 6) is -2.49. The van der Waals surface area contributed by atoms with Crippen LogP contribution in [-0.4, -0.2) is 24.4 Å². The monoisotopic (exact) mass is 374 g/mol. The number of sulfone groups is 1. The number of nitrogens with zero attached hydrogens (tertiary/aromatic N) is 2. The van der Waals surface area contributed by atoms with Crippen molar-refractivity contribution < 1.29 is 21.6 Å². The molecule has 0 N–H and O–H groups in total. The standard InChI is InChI=1S/C15H16F2N2O3S2/c16-14(17)24(20,21)12-8-6-11(7-9-12)23-15-19-18-13(22-15)10-4-2-1-3-5-10/h6-10,14H,1-5H2. The van der Waals surface area contributed by atoms with Crippen molar-refractivity contribution in [1.82, 2.24) is 10.2 Å². The van der Waals surface area contributed by atoms with Crippen LogP contribution in [0.3, 0.4) is 0 Å². The summed E-state index contributed by atoms with van der Waals surface area (Å²) in [6, 6.07) is 5.21. The van der Waals surface area contributed by atoms with Crippen molar-refractivity contribution in [2.45, 2.75) is 58.8 Å². The Morgan fingerprint density at radius 1 is 1.08 bits per heavy atom. The van der Waals surface area contributed by atoms with Gasteiger partial charge in [-0.3, -0.25) is 0 Å². The lowest BCUT2D eigenvalue weighted by atomic mass is 9.89. The van der Waals surface area contributed by atoms with Gasteiger partial charge >= 0.3 is 5.76 Å². The van der Waals surface area contributed by atoms with E-state index in [9.17, 15) is 17.2 Å². The number of aromatic nitrogens is 2. The summed E-state index contributed by atoms with van der Waals surface area (Å²) >= 11 is 1.18. The fourth-order valence-electron chi connectivity index (χ4n) is 2.68. The smallest absolute Gasteiger partial charge is 0.341 e. The lowest BCUT2D eigenvalue weighted by molar-refractivity contribution is 0.234. The number of alkyl halides is 2. The second-order valence-corrected chi connectivity index (χ2v) is 8.56. The molecule has 3 rings (SSSR count). The second kappa shape index (κ2) is 7.18. The molecule has 2 aromatic rings. The van der Waals surface area contributed by atoms with Crippen molar-refractivity contribution in [3.8, 4) is 0 Å². The van der Waals surface area contributed by atoms with E-state index in [1.807, 2.05) is 0 Å². The normalized spacial score (nSPS) is 16.6. The lowest BCUT2D eigenvalue weighted by Gasteiger charge is -2.17. The van der Waals surface area contributed by atoms with Gasteiger partial charge in [0.15, 0.2) is 0 Å². The highest BCUT2D eigenvalue weighted by Crippen LogP contribution is 2.34. The maximum Gasteiger partial charge on any atom is 0.341 e. The fraction of sp³-hybridized carbons (Fsp3) is 0.467. The molecule has 130 valence electrons. The van der Waals surface area contributed by atoms with Crippen LogP contribution in [0.2, 0.25) is 0 Å². The molecule has 1 aromatic carbocycles. The Balaban J connectivity index is 1.69. The zero-order valence-corrected chi connectivity index (χ0v) is 14.3. The minimum Gasteiger partial charge on any atom is -0.415 e. The van der Waals surface area contributed by atoms with Gasteiger partial charge in [0.1, 0.15) is 0 Å². The third kappa shape index (κ3) is 3.77. The molecule has 1 heterocycles. The van der Waals surface area contributed by atoms with E-state index in [1.165, 1.54) is 30.3 Å². The van der Waals surface area contributed by atoms with Crippen LogP contribution < -0.4 is 0 Å². The number of halogens is 2. The molecule has 0 saturated heterocycles. The predicted octanol–water partition coefficient (Wildman–Crippen LogP) is 4.26. The maximum atomic E-state index is 12.5. The minimum absolute atomic E-state index is 0.305. The summed E-state index contributed by atoms with van der Waals surface area (Å²) in [4.78, 5) is 0.234. The molecule has 1 aromatic heterocycles. The first kappa shape index (κ1) is 17.3. The topological polar surface area (TPSA) is 73.1 Å². The molecule has 0 radical (unpaired) electrons. The predicted molar refractivity (Wildman–Crippen MR) is 83.9 cm³/mol. The zero-order valence-electron chi connectivity index (χ0n) is 12.7. The first-order valence-corrected chi connectivity index (χ1v) is 9.96. The summed E-state index contributed by atoms with van der Waals surface area (Å²) in [7, 11) is -4.57. The van der Waals surface area contributed by atoms with Gasteiger partial charge in [-0.05, 0) is 48.9 Å². The third-order valence-corrected chi connectivity index (χ3v) is 6.21. The van der Waals surface area contributed by atoms with Gasteiger partial charge in [-0.25, -0.2) is 8.42 Å². The summed E-state index contributed by atoms with van der Waals surface area (Å²) in [5.41, 5.74) is 0. The molecular formula is C15H16F2N2O3S2. The molecule has 24 heavy (non-hydrogen) atoms. The van der Waals surface area contributed by atoms with Crippen molar-refractivity contribution >= 4 is 21.6 Å². The first-order valence-electron chi connectivity index (χ1n) is 7.60. The Labute approximate surface area is 142 Å². The molecule has 0 spiro atoms. The highest BCUT2D eigenvalue weighted by Gasteiger charge is 2.26. The number of benzene rings is 1. The van der Waals surface area contributed by atoms with Gasteiger partial charge in [0, 0.05) is 10.8 Å². The first-order chi connectivity index (χ1) is 11.5. The van der Waals surface area contributed by atoms with E-state index < -0.39 is 20.5 Å². The number of rotatable bonds is 5. The van der Waals surface area contributed by atoms with Gasteiger partial charge in [0.2, 0.25) is 15.7 Å². The molecule has 9 heteroatoms. The lowest BCUT2D eigenvalue weighted by Crippen LogP contribution is -2.10. The van der Waals surface area contributed by atoms with Crippen molar-refractivity contribution in [1.29, 1.82) is 0 Å². The van der Waals surface area contributed by atoms with Crippen molar-refractivity contribution in [3.63, 3.8) is 0 Å². The van der Waals surface area contributed by atoms with E-state index in [0.29, 0.717) is 21.9 Å². The zero-order chi connectivity index (χ0) is 17.2. The molecule has 0 amide bonds. The molecule has 1 aliphatic carbocycles. The average molecular weight is 374 g/mol. The highest BCUT2D eigenvalue weighted by molar-refractivity contribution is 7.99. The van der Waals surface area contributed by atoms with Crippen LogP contribution in [-0.2, 0) is 9.84 Å². The van der Waals surface area contributed by atoms with Gasteiger partial charge in [0.25, 0.3) is 5.22 Å². The van der Waals surface area contributed by atoms with Crippen LogP contribution in [0.5, 0.6) is 0 Å². The van der Waals surface area contributed by atoms with Crippen molar-refractivity contribution in [3.05, 3.63) is 30.2 Å². The van der Waals surface area contributed by atoms with Crippen LogP contribution >= 0.6 is 11.8 Å². The van der Waals surface area contributed by atoms with E-state index in [0.717, 1.165) is 37.8 Å². The molecule has 1 aliphatic rings. The van der Waals surface area contributed by atoms with Crippen LogP contribution in [0.1, 0.15) is 43.9 Å². The number of hydrogen-bond acceptors (Lipinski definition) is 6. The van der Waals surface area contributed by atoms with Gasteiger partial charge in [-0.15, -0.1) is 10.2 Å². The van der Waals surface area contributed by atoms with Gasteiger partial charge in [-0.2, -0.15) is 8.78 Å². The molecular weight excluding hydrogens is 358 g/mol. The molecule has 0 aliphatic heterocycles. The quantitative estimate of drug-likeness (QED) is 0.778. The molecule has 0 unspecified atom stereocenters. The fourth-order valence-corrected chi connectivity index (χ4v) is 4.08. The summed E-state index contributed by atoms with van der Waals surface area (Å²) in [5, 5.41) is 8.44. The van der Waals surface area contributed by atoms with Crippen molar-refractivity contribution in [2.75, 3.05) is 0 Å². The Bertz CT molecular complexity index is 785. The van der Waals surface area contributed by atoms with Crippen LogP contribution in [0.25, 0.3) is 0 Å². The maximum absolute atomic E-state index is 12.5. The molecule has 5 nitrogen and oxygen atoms in total. The summed E-state index contributed by atoms with van der Waals surface area (Å²) in [6.07, 6.45) is 5.66. The minimum atomic E-state index is -4.57. The second-order valence-electron chi connectivity index (χ2n) is 5.62. The van der Waals surface area contributed by atoms with Gasteiger partial charge in [0.05, 0.1) is 4.90 Å². The largest absolute Gasteiger partial charge is 0.415 e. The molecule has 1 saturated carbocycles. The van der Waals surface area contributed by atoms with E-state index in [-0.39, 0.29) is 0 Å².